The Labute approximate surface area is 128 Å². The van der Waals surface area contributed by atoms with Gasteiger partial charge in [0.15, 0.2) is 0 Å². The number of H-pyrrole nitrogens is 1. The summed E-state index contributed by atoms with van der Waals surface area (Å²) in [7, 11) is 1.61. The number of aromatic nitrogens is 1. The van der Waals surface area contributed by atoms with E-state index in [1.165, 1.54) is 0 Å². The normalized spacial score (nSPS) is 17.9. The van der Waals surface area contributed by atoms with Crippen LogP contribution >= 0.6 is 0 Å². The number of methoxy groups -OCH3 is 1. The van der Waals surface area contributed by atoms with Crippen LogP contribution in [0.1, 0.15) is 18.4 Å². The van der Waals surface area contributed by atoms with Gasteiger partial charge >= 0.3 is 0 Å². The quantitative estimate of drug-likeness (QED) is 0.889. The minimum absolute atomic E-state index is 0.0648. The average molecular weight is 301 g/mol. The zero-order chi connectivity index (χ0) is 15.7. The fourth-order valence-electron chi connectivity index (χ4n) is 3.06. The van der Waals surface area contributed by atoms with E-state index in [4.69, 9.17) is 10.5 Å². The van der Waals surface area contributed by atoms with E-state index in [1.807, 2.05) is 24.4 Å². The number of hydrogen-bond acceptors (Lipinski definition) is 3. The van der Waals surface area contributed by atoms with Gasteiger partial charge in [-0.15, -0.1) is 0 Å². The van der Waals surface area contributed by atoms with Crippen LogP contribution < -0.4 is 10.5 Å². The molecule has 0 radical (unpaired) electrons. The molecule has 3 rings (SSSR count). The Kier molecular flexibility index (Phi) is 3.75. The lowest BCUT2D eigenvalue weighted by Crippen LogP contribution is -2.44. The van der Waals surface area contributed by atoms with E-state index in [1.54, 1.807) is 12.0 Å². The Balaban J connectivity index is 1.83. The van der Waals surface area contributed by atoms with Crippen LogP contribution in [0, 0.1) is 0 Å². The summed E-state index contributed by atoms with van der Waals surface area (Å²) in [6.07, 6.45) is 3.55. The van der Waals surface area contributed by atoms with Crippen molar-refractivity contribution in [3.05, 3.63) is 30.0 Å². The maximum atomic E-state index is 12.5. The largest absolute Gasteiger partial charge is 0.497 e. The Morgan fingerprint density at radius 1 is 1.45 bits per heavy atom. The number of amides is 2. The number of fused-ring (bicyclic) bond motifs is 1. The highest BCUT2D eigenvalue weighted by Crippen LogP contribution is 2.25. The van der Waals surface area contributed by atoms with Crippen molar-refractivity contribution < 1.29 is 14.3 Å². The number of benzene rings is 1. The second-order valence-corrected chi connectivity index (χ2v) is 5.55. The summed E-state index contributed by atoms with van der Waals surface area (Å²) in [4.78, 5) is 28.7. The first-order valence-corrected chi connectivity index (χ1v) is 7.33. The lowest BCUT2D eigenvalue weighted by molar-refractivity contribution is -0.136. The van der Waals surface area contributed by atoms with Crippen LogP contribution in [0.15, 0.2) is 24.4 Å². The molecule has 1 aromatic carbocycles. The van der Waals surface area contributed by atoms with Crippen LogP contribution in [0.5, 0.6) is 5.75 Å². The van der Waals surface area contributed by atoms with E-state index in [2.05, 4.69) is 4.98 Å². The second-order valence-electron chi connectivity index (χ2n) is 5.55. The van der Waals surface area contributed by atoms with Gasteiger partial charge in [-0.3, -0.25) is 9.59 Å². The van der Waals surface area contributed by atoms with Gasteiger partial charge in [-0.25, -0.2) is 0 Å². The molecule has 6 heteroatoms. The van der Waals surface area contributed by atoms with Gasteiger partial charge in [0.05, 0.1) is 13.5 Å². The summed E-state index contributed by atoms with van der Waals surface area (Å²) in [5.74, 6) is 0.258. The van der Waals surface area contributed by atoms with E-state index in [9.17, 15) is 9.59 Å². The monoisotopic (exact) mass is 301 g/mol. The van der Waals surface area contributed by atoms with E-state index in [-0.39, 0.29) is 12.3 Å². The van der Waals surface area contributed by atoms with Crippen molar-refractivity contribution in [1.82, 2.24) is 9.88 Å². The third-order valence-corrected chi connectivity index (χ3v) is 4.22. The van der Waals surface area contributed by atoms with E-state index < -0.39 is 11.9 Å². The molecule has 0 saturated carbocycles. The smallest absolute Gasteiger partial charge is 0.240 e. The summed E-state index contributed by atoms with van der Waals surface area (Å²) in [6.45, 7) is 0.595. The van der Waals surface area contributed by atoms with Crippen LogP contribution in [-0.4, -0.2) is 41.4 Å². The molecule has 0 bridgehead atoms. The summed E-state index contributed by atoms with van der Waals surface area (Å²) in [5, 5.41) is 0.961. The molecule has 2 aromatic rings. The Bertz CT molecular complexity index is 722. The molecule has 116 valence electrons. The van der Waals surface area contributed by atoms with E-state index in [0.717, 1.165) is 28.6 Å². The van der Waals surface area contributed by atoms with Crippen LogP contribution in [0.25, 0.3) is 10.9 Å². The first kappa shape index (κ1) is 14.4. The maximum absolute atomic E-state index is 12.5. The highest BCUT2D eigenvalue weighted by atomic mass is 16.5. The molecular weight excluding hydrogens is 282 g/mol. The number of nitrogens with zero attached hydrogens (tertiary/aromatic N) is 1. The van der Waals surface area contributed by atoms with Gasteiger partial charge in [-0.1, -0.05) is 0 Å². The summed E-state index contributed by atoms with van der Waals surface area (Å²) >= 11 is 0. The van der Waals surface area contributed by atoms with Gasteiger partial charge in [-0.2, -0.15) is 0 Å². The number of nitrogens with two attached hydrogens (primary N) is 1. The van der Waals surface area contributed by atoms with Crippen molar-refractivity contribution in [2.24, 2.45) is 5.73 Å². The fourth-order valence-corrected chi connectivity index (χ4v) is 3.06. The molecule has 1 aliphatic heterocycles. The molecule has 0 aliphatic carbocycles. The number of rotatable bonds is 4. The average Bonchev–Trinajstić information content (AvgIpc) is 3.14. The predicted octanol–water partition coefficient (Wildman–Crippen LogP) is 1.20. The Morgan fingerprint density at radius 3 is 3.00 bits per heavy atom. The Morgan fingerprint density at radius 2 is 2.27 bits per heavy atom. The van der Waals surface area contributed by atoms with Gasteiger partial charge in [0.25, 0.3) is 0 Å². The molecule has 1 atom stereocenters. The number of hydrogen-bond donors (Lipinski definition) is 2. The summed E-state index contributed by atoms with van der Waals surface area (Å²) in [6, 6.07) is 5.23. The van der Waals surface area contributed by atoms with Crippen molar-refractivity contribution in [3.8, 4) is 5.75 Å². The molecule has 1 fully saturated rings. The highest BCUT2D eigenvalue weighted by Gasteiger charge is 2.32. The number of ether oxygens (including phenoxy) is 1. The molecule has 1 aromatic heterocycles. The summed E-state index contributed by atoms with van der Waals surface area (Å²) < 4.78 is 5.23. The Hall–Kier alpha value is -2.50. The summed E-state index contributed by atoms with van der Waals surface area (Å²) in [5.41, 5.74) is 7.22. The van der Waals surface area contributed by atoms with Crippen molar-refractivity contribution in [2.75, 3.05) is 13.7 Å². The molecule has 0 spiro atoms. The van der Waals surface area contributed by atoms with Gasteiger partial charge < -0.3 is 20.4 Å². The van der Waals surface area contributed by atoms with Gasteiger partial charge in [0, 0.05) is 23.6 Å². The fraction of sp³-hybridized carbons (Fsp3) is 0.375. The van der Waals surface area contributed by atoms with Gasteiger partial charge in [0.2, 0.25) is 11.8 Å². The van der Waals surface area contributed by atoms with Crippen molar-refractivity contribution in [2.45, 2.75) is 25.3 Å². The molecular formula is C16H19N3O3. The SMILES string of the molecule is COc1ccc2[nH]cc(CC(=O)N3CCC[C@@H]3C(N)=O)c2c1. The maximum Gasteiger partial charge on any atom is 0.240 e. The van der Waals surface area contributed by atoms with Gasteiger partial charge in [-0.05, 0) is 36.6 Å². The minimum atomic E-state index is -0.466. The van der Waals surface area contributed by atoms with Crippen LogP contribution in [0.4, 0.5) is 0 Å². The molecule has 6 nitrogen and oxygen atoms in total. The number of likely N-dealkylation sites (tertiary alicyclic amines) is 1. The lowest BCUT2D eigenvalue weighted by Gasteiger charge is -2.22. The first-order valence-electron chi connectivity index (χ1n) is 7.33. The van der Waals surface area contributed by atoms with E-state index >= 15 is 0 Å². The predicted molar refractivity (Wildman–Crippen MR) is 82.5 cm³/mol. The van der Waals surface area contributed by atoms with Crippen molar-refractivity contribution in [3.63, 3.8) is 0 Å². The first-order chi connectivity index (χ1) is 10.6. The van der Waals surface area contributed by atoms with Crippen molar-refractivity contribution >= 4 is 22.7 Å². The molecule has 2 heterocycles. The second kappa shape index (κ2) is 5.71. The molecule has 0 unspecified atom stereocenters. The van der Waals surface area contributed by atoms with Crippen LogP contribution in [-0.2, 0) is 16.0 Å². The number of aromatic amines is 1. The molecule has 22 heavy (non-hydrogen) atoms. The lowest BCUT2D eigenvalue weighted by atomic mass is 10.1. The number of carbonyl (C=O) groups excluding carboxylic acids is 2. The van der Waals surface area contributed by atoms with Crippen LogP contribution in [0.2, 0.25) is 0 Å². The van der Waals surface area contributed by atoms with E-state index in [0.29, 0.717) is 13.0 Å². The minimum Gasteiger partial charge on any atom is -0.497 e. The highest BCUT2D eigenvalue weighted by molar-refractivity contribution is 5.92. The molecule has 3 N–H and O–H groups in total. The standard InChI is InChI=1S/C16H19N3O3/c1-22-11-4-5-13-12(8-11)10(9-18-13)7-15(20)19-6-2-3-14(19)16(17)21/h4-5,8-9,14,18H,2-3,6-7H2,1H3,(H2,17,21)/t14-/m1/s1. The molecule has 2 amide bonds. The number of nitrogens with one attached hydrogen (secondary N) is 1. The molecule has 1 aliphatic rings. The third-order valence-electron chi connectivity index (χ3n) is 4.22. The topological polar surface area (TPSA) is 88.4 Å². The zero-order valence-corrected chi connectivity index (χ0v) is 12.5. The number of carbonyl (C=O) groups is 2. The van der Waals surface area contributed by atoms with Crippen molar-refractivity contribution in [1.29, 1.82) is 0 Å². The van der Waals surface area contributed by atoms with Crippen LogP contribution in [0.3, 0.4) is 0 Å². The zero-order valence-electron chi connectivity index (χ0n) is 12.5. The number of primary amides is 1. The van der Waals surface area contributed by atoms with Gasteiger partial charge in [0.1, 0.15) is 11.8 Å². The molecule has 1 saturated heterocycles. The third kappa shape index (κ3) is 2.52.